The van der Waals surface area contributed by atoms with Crippen molar-refractivity contribution in [2.24, 2.45) is 0 Å². The number of rotatable bonds is 5. The summed E-state index contributed by atoms with van der Waals surface area (Å²) in [7, 11) is 4.89. The lowest BCUT2D eigenvalue weighted by Gasteiger charge is -2.25. The van der Waals surface area contributed by atoms with E-state index >= 15 is 0 Å². The molecule has 1 unspecified atom stereocenters. The Morgan fingerprint density at radius 1 is 1.08 bits per heavy atom. The number of halogens is 1. The van der Waals surface area contributed by atoms with Crippen LogP contribution < -0.4 is 14.2 Å². The first-order valence-corrected chi connectivity index (χ1v) is 9.58. The third-order valence-electron chi connectivity index (χ3n) is 4.84. The smallest absolute Gasteiger partial charge is 0.204 e. The van der Waals surface area contributed by atoms with Crippen molar-refractivity contribution in [3.8, 4) is 17.2 Å². The Balaban J connectivity index is 2.07. The van der Waals surface area contributed by atoms with Gasteiger partial charge >= 0.3 is 0 Å². The van der Waals surface area contributed by atoms with Gasteiger partial charge in [0.05, 0.1) is 25.8 Å². The Hall–Kier alpha value is -2.01. The summed E-state index contributed by atoms with van der Waals surface area (Å²) in [4.78, 5) is 4.59. The Kier molecular flexibility index (Phi) is 6.20. The van der Waals surface area contributed by atoms with Crippen LogP contribution in [0.25, 0.3) is 6.08 Å². The third-order valence-corrected chi connectivity index (χ3v) is 5.66. The summed E-state index contributed by atoms with van der Waals surface area (Å²) in [6.45, 7) is 0. The highest BCUT2D eigenvalue weighted by Gasteiger charge is 2.23. The van der Waals surface area contributed by atoms with E-state index in [0.29, 0.717) is 23.2 Å². The largest absolute Gasteiger partial charge is 0.493 e. The molecule has 0 spiro atoms. The lowest BCUT2D eigenvalue weighted by Crippen LogP contribution is -2.10. The minimum Gasteiger partial charge on any atom is -0.493 e. The van der Waals surface area contributed by atoms with Crippen molar-refractivity contribution in [3.63, 3.8) is 0 Å². The van der Waals surface area contributed by atoms with Gasteiger partial charge in [0, 0.05) is 17.8 Å². The number of allylic oxidation sites excluding steroid dienone is 1. The number of hydrogen-bond donors (Lipinski definition) is 0. The molecule has 4 nitrogen and oxygen atoms in total. The van der Waals surface area contributed by atoms with Gasteiger partial charge in [-0.1, -0.05) is 24.1 Å². The van der Waals surface area contributed by atoms with Crippen LogP contribution in [0.5, 0.6) is 17.2 Å². The van der Waals surface area contributed by atoms with Gasteiger partial charge in [-0.25, -0.2) is 0 Å². The number of benzene rings is 1. The van der Waals surface area contributed by atoms with Crippen molar-refractivity contribution >= 4 is 22.0 Å². The average molecular weight is 418 g/mol. The van der Waals surface area contributed by atoms with Crippen LogP contribution in [0.1, 0.15) is 42.9 Å². The predicted octanol–water partition coefficient (Wildman–Crippen LogP) is 5.61. The van der Waals surface area contributed by atoms with E-state index in [1.54, 1.807) is 21.3 Å². The van der Waals surface area contributed by atoms with E-state index in [4.69, 9.17) is 14.2 Å². The molecule has 26 heavy (non-hydrogen) atoms. The number of pyridine rings is 1. The molecule has 0 bridgehead atoms. The number of aromatic nitrogens is 1. The van der Waals surface area contributed by atoms with Gasteiger partial charge in [0.2, 0.25) is 5.75 Å². The van der Waals surface area contributed by atoms with Crippen LogP contribution in [0.3, 0.4) is 0 Å². The summed E-state index contributed by atoms with van der Waals surface area (Å²) in [6.07, 6.45) is 8.76. The van der Waals surface area contributed by atoms with E-state index in [1.807, 2.05) is 18.3 Å². The first kappa shape index (κ1) is 18.8. The van der Waals surface area contributed by atoms with E-state index in [0.717, 1.165) is 28.6 Å². The van der Waals surface area contributed by atoms with Crippen LogP contribution in [0.4, 0.5) is 0 Å². The zero-order chi connectivity index (χ0) is 18.5. The van der Waals surface area contributed by atoms with Crippen molar-refractivity contribution < 1.29 is 14.2 Å². The highest BCUT2D eigenvalue weighted by molar-refractivity contribution is 9.10. The van der Waals surface area contributed by atoms with Crippen molar-refractivity contribution in [2.45, 2.75) is 31.6 Å². The first-order chi connectivity index (χ1) is 12.7. The molecule has 0 saturated heterocycles. The zero-order valence-corrected chi connectivity index (χ0v) is 17.0. The first-order valence-electron chi connectivity index (χ1n) is 8.79. The second kappa shape index (κ2) is 8.58. The summed E-state index contributed by atoms with van der Waals surface area (Å²) < 4.78 is 17.4. The van der Waals surface area contributed by atoms with Crippen LogP contribution >= 0.6 is 15.9 Å². The second-order valence-electron chi connectivity index (χ2n) is 6.32. The Morgan fingerprint density at radius 2 is 1.88 bits per heavy atom. The van der Waals surface area contributed by atoms with Gasteiger partial charge in [0.25, 0.3) is 0 Å². The second-order valence-corrected chi connectivity index (χ2v) is 7.11. The molecular weight excluding hydrogens is 394 g/mol. The molecule has 138 valence electrons. The standard InChI is InChI=1S/C21H24BrNO3/c1-24-18-13-15(19(22)21(26-3)20(18)25-2)12-14-8-4-5-9-16(14)17-10-6-7-11-23-17/h6-7,10-13,16H,4-5,8-9H2,1-3H3/b14-12-. The minimum atomic E-state index is 0.357. The monoisotopic (exact) mass is 417 g/mol. The quantitative estimate of drug-likeness (QED) is 0.633. The van der Waals surface area contributed by atoms with Gasteiger partial charge in [0.1, 0.15) is 0 Å². The molecule has 1 aromatic heterocycles. The molecule has 3 rings (SSSR count). The molecule has 1 aliphatic rings. The van der Waals surface area contributed by atoms with Gasteiger partial charge in [0.15, 0.2) is 11.5 Å². The summed E-state index contributed by atoms with van der Waals surface area (Å²) in [5.74, 6) is 2.25. The van der Waals surface area contributed by atoms with E-state index in [-0.39, 0.29) is 0 Å². The zero-order valence-electron chi connectivity index (χ0n) is 15.4. The van der Waals surface area contributed by atoms with Crippen LogP contribution in [-0.4, -0.2) is 26.3 Å². The molecule has 1 aromatic carbocycles. The van der Waals surface area contributed by atoms with Crippen LogP contribution in [0.2, 0.25) is 0 Å². The normalized spacial score (nSPS) is 18.6. The SMILES string of the molecule is COc1cc(/C=C2/CCCCC2c2ccccn2)c(Br)c(OC)c1OC. The van der Waals surface area contributed by atoms with E-state index in [2.05, 4.69) is 39.1 Å². The van der Waals surface area contributed by atoms with Crippen molar-refractivity contribution in [2.75, 3.05) is 21.3 Å². The van der Waals surface area contributed by atoms with Gasteiger partial charge in [-0.2, -0.15) is 0 Å². The van der Waals surface area contributed by atoms with Crippen LogP contribution in [-0.2, 0) is 0 Å². The third kappa shape index (κ3) is 3.73. The molecule has 0 N–H and O–H groups in total. The highest BCUT2D eigenvalue weighted by Crippen LogP contribution is 2.46. The molecule has 2 aromatic rings. The average Bonchev–Trinajstić information content (AvgIpc) is 2.70. The molecule has 0 radical (unpaired) electrons. The summed E-state index contributed by atoms with van der Waals surface area (Å²) >= 11 is 3.68. The maximum absolute atomic E-state index is 5.56. The van der Waals surface area contributed by atoms with Crippen LogP contribution in [0.15, 0.2) is 40.5 Å². The van der Waals surface area contributed by atoms with Crippen molar-refractivity contribution in [1.82, 2.24) is 4.98 Å². The molecular formula is C21H24BrNO3. The molecule has 0 aliphatic heterocycles. The van der Waals surface area contributed by atoms with Crippen LogP contribution in [0, 0.1) is 0 Å². The number of nitrogens with zero attached hydrogens (tertiary/aromatic N) is 1. The van der Waals surface area contributed by atoms with E-state index in [1.165, 1.54) is 18.4 Å². The molecule has 1 atom stereocenters. The van der Waals surface area contributed by atoms with E-state index < -0.39 is 0 Å². The molecule has 1 fully saturated rings. The molecule has 1 aliphatic carbocycles. The van der Waals surface area contributed by atoms with E-state index in [9.17, 15) is 0 Å². The highest BCUT2D eigenvalue weighted by atomic mass is 79.9. The summed E-state index contributed by atoms with van der Waals surface area (Å²) in [5, 5.41) is 0. The lowest BCUT2D eigenvalue weighted by molar-refractivity contribution is 0.323. The van der Waals surface area contributed by atoms with Gasteiger partial charge in [-0.3, -0.25) is 4.98 Å². The molecule has 1 saturated carbocycles. The number of methoxy groups -OCH3 is 3. The maximum atomic E-state index is 5.56. The Bertz CT molecular complexity index is 790. The minimum absolute atomic E-state index is 0.357. The fourth-order valence-electron chi connectivity index (χ4n) is 3.57. The Morgan fingerprint density at radius 3 is 2.54 bits per heavy atom. The molecule has 5 heteroatoms. The number of ether oxygens (including phenoxy) is 3. The van der Waals surface area contributed by atoms with Gasteiger partial charge < -0.3 is 14.2 Å². The van der Waals surface area contributed by atoms with Crippen molar-refractivity contribution in [3.05, 3.63) is 51.8 Å². The maximum Gasteiger partial charge on any atom is 0.204 e. The topological polar surface area (TPSA) is 40.6 Å². The fourth-order valence-corrected chi connectivity index (χ4v) is 4.15. The van der Waals surface area contributed by atoms with Crippen molar-refractivity contribution in [1.29, 1.82) is 0 Å². The summed E-state index contributed by atoms with van der Waals surface area (Å²) in [5.41, 5.74) is 3.56. The molecule has 1 heterocycles. The van der Waals surface area contributed by atoms with Gasteiger partial charge in [-0.05, 0) is 59.0 Å². The summed E-state index contributed by atoms with van der Waals surface area (Å²) in [6, 6.07) is 8.13. The van der Waals surface area contributed by atoms with Gasteiger partial charge in [-0.15, -0.1) is 0 Å². The molecule has 0 amide bonds. The lowest BCUT2D eigenvalue weighted by atomic mass is 9.81. The Labute approximate surface area is 163 Å². The predicted molar refractivity (Wildman–Crippen MR) is 107 cm³/mol. The fraction of sp³-hybridized carbons (Fsp3) is 0.381. The number of hydrogen-bond acceptors (Lipinski definition) is 4.